The van der Waals surface area contributed by atoms with E-state index in [-0.39, 0.29) is 19.4 Å². The monoisotopic (exact) mass is 441 g/mol. The van der Waals surface area contributed by atoms with Crippen LogP contribution in [0.25, 0.3) is 0 Å². The number of nitrogens with zero attached hydrogens (tertiary/aromatic N) is 1. The molecule has 31 heavy (non-hydrogen) atoms. The van der Waals surface area contributed by atoms with Gasteiger partial charge in [0.15, 0.2) is 23.3 Å². The first-order chi connectivity index (χ1) is 14.7. The number of halogens is 5. The number of hydrogen-bond donors (Lipinski definition) is 1. The molecule has 2 fully saturated rings. The van der Waals surface area contributed by atoms with Crippen molar-refractivity contribution in [3.8, 4) is 0 Å². The van der Waals surface area contributed by atoms with Gasteiger partial charge in [-0.2, -0.15) is 0 Å². The number of carbonyl (C=O) groups excluding carboxylic acids is 1. The van der Waals surface area contributed by atoms with E-state index in [1.54, 1.807) is 24.3 Å². The molecule has 0 aliphatic carbocycles. The summed E-state index contributed by atoms with van der Waals surface area (Å²) in [7, 11) is 0. The summed E-state index contributed by atoms with van der Waals surface area (Å²) in [6, 6.07) is 7.66. The Hall–Kier alpha value is -2.68. The average molecular weight is 441 g/mol. The van der Waals surface area contributed by atoms with Gasteiger partial charge in [0.05, 0.1) is 11.2 Å². The summed E-state index contributed by atoms with van der Waals surface area (Å²) in [5, 5.41) is 11.0. The molecule has 9 heteroatoms. The molecule has 0 aromatic heterocycles. The quantitative estimate of drug-likeness (QED) is 0.418. The second-order valence-electron chi connectivity index (χ2n) is 8.07. The molecule has 2 heterocycles. The highest BCUT2D eigenvalue weighted by molar-refractivity contribution is 5.69. The highest BCUT2D eigenvalue weighted by Gasteiger charge is 2.51. The van der Waals surface area contributed by atoms with Crippen LogP contribution in [-0.2, 0) is 16.9 Å². The van der Waals surface area contributed by atoms with Crippen LogP contribution in [0.5, 0.6) is 0 Å². The summed E-state index contributed by atoms with van der Waals surface area (Å²) in [5.41, 5.74) is -2.76. The third-order valence-corrected chi connectivity index (χ3v) is 6.10. The normalized spacial score (nSPS) is 25.4. The van der Waals surface area contributed by atoms with Crippen LogP contribution in [0.1, 0.15) is 43.2 Å². The Kier molecular flexibility index (Phi) is 5.63. The van der Waals surface area contributed by atoms with Gasteiger partial charge < -0.3 is 14.7 Å². The fourth-order valence-corrected chi connectivity index (χ4v) is 4.74. The molecule has 2 saturated heterocycles. The smallest absolute Gasteiger partial charge is 0.410 e. The molecule has 0 spiro atoms. The van der Waals surface area contributed by atoms with Crippen molar-refractivity contribution in [3.63, 3.8) is 0 Å². The molecule has 4 nitrogen and oxygen atoms in total. The van der Waals surface area contributed by atoms with Crippen LogP contribution >= 0.6 is 0 Å². The number of benzene rings is 2. The highest BCUT2D eigenvalue weighted by Crippen LogP contribution is 2.46. The molecule has 2 aliphatic heterocycles. The molecular formula is C22H20F5NO3. The number of rotatable bonds is 3. The lowest BCUT2D eigenvalue weighted by atomic mass is 9.72. The van der Waals surface area contributed by atoms with Crippen molar-refractivity contribution in [2.24, 2.45) is 0 Å². The first-order valence-corrected chi connectivity index (χ1v) is 9.96. The number of ether oxygens (including phenoxy) is 1. The van der Waals surface area contributed by atoms with Crippen LogP contribution in [0.2, 0.25) is 0 Å². The molecule has 2 aromatic carbocycles. The van der Waals surface area contributed by atoms with Gasteiger partial charge in [0, 0.05) is 24.9 Å². The van der Waals surface area contributed by atoms with E-state index in [9.17, 15) is 31.9 Å². The maximum Gasteiger partial charge on any atom is 0.410 e. The maximum atomic E-state index is 14.4. The van der Waals surface area contributed by atoms with E-state index in [0.717, 1.165) is 5.56 Å². The van der Waals surface area contributed by atoms with Crippen molar-refractivity contribution in [1.82, 2.24) is 4.90 Å². The summed E-state index contributed by atoms with van der Waals surface area (Å²) < 4.78 is 75.0. The van der Waals surface area contributed by atoms with Crippen molar-refractivity contribution in [3.05, 3.63) is 70.5 Å². The van der Waals surface area contributed by atoms with Crippen LogP contribution in [0.4, 0.5) is 26.7 Å². The van der Waals surface area contributed by atoms with E-state index in [1.807, 2.05) is 6.07 Å². The second-order valence-corrected chi connectivity index (χ2v) is 8.07. The number of fused-ring (bicyclic) bond motifs is 2. The lowest BCUT2D eigenvalue weighted by Crippen LogP contribution is -2.59. The van der Waals surface area contributed by atoms with Crippen LogP contribution < -0.4 is 0 Å². The molecule has 166 valence electrons. The van der Waals surface area contributed by atoms with Crippen molar-refractivity contribution >= 4 is 6.09 Å². The van der Waals surface area contributed by atoms with Gasteiger partial charge in [-0.15, -0.1) is 0 Å². The van der Waals surface area contributed by atoms with Gasteiger partial charge in [-0.05, 0) is 24.8 Å². The molecule has 2 atom stereocenters. The first-order valence-electron chi connectivity index (χ1n) is 9.96. The summed E-state index contributed by atoms with van der Waals surface area (Å²) in [6.45, 7) is 0.0253. The van der Waals surface area contributed by atoms with Crippen LogP contribution in [0.15, 0.2) is 30.3 Å². The van der Waals surface area contributed by atoms with E-state index in [4.69, 9.17) is 4.74 Å². The standard InChI is InChI=1S/C22H20F5NO3/c23-16-15(17(24)19(26)20(27)18(16)25)22(30)9-13-7-4-8-14(10-22)28(13)21(29)31-11-12-5-2-1-3-6-12/h1-3,5-6,13-14,30H,4,7-11H2. The average Bonchev–Trinajstić information content (AvgIpc) is 2.75. The Morgan fingerprint density at radius 3 is 2.00 bits per heavy atom. The number of aliphatic hydroxyl groups is 1. The van der Waals surface area contributed by atoms with E-state index in [2.05, 4.69) is 0 Å². The predicted octanol–water partition coefficient (Wildman–Crippen LogP) is 4.92. The zero-order valence-electron chi connectivity index (χ0n) is 16.4. The van der Waals surface area contributed by atoms with Crippen LogP contribution in [0, 0.1) is 29.1 Å². The lowest BCUT2D eigenvalue weighted by Gasteiger charge is -2.51. The largest absolute Gasteiger partial charge is 0.445 e. The van der Waals surface area contributed by atoms with Crippen molar-refractivity contribution < 1.29 is 36.6 Å². The van der Waals surface area contributed by atoms with E-state index >= 15 is 0 Å². The van der Waals surface area contributed by atoms with Crippen LogP contribution in [0.3, 0.4) is 0 Å². The fourth-order valence-electron chi connectivity index (χ4n) is 4.74. The van der Waals surface area contributed by atoms with Crippen molar-refractivity contribution in [2.75, 3.05) is 0 Å². The zero-order valence-corrected chi connectivity index (χ0v) is 16.4. The first kappa shape index (κ1) is 21.5. The molecule has 0 radical (unpaired) electrons. The topological polar surface area (TPSA) is 49.8 Å². The molecule has 0 saturated carbocycles. The summed E-state index contributed by atoms with van der Waals surface area (Å²) in [6.07, 6.45) is 0.164. The Morgan fingerprint density at radius 1 is 0.935 bits per heavy atom. The molecule has 2 unspecified atom stereocenters. The SMILES string of the molecule is O=C(OCc1ccccc1)N1C2CCCC1CC(O)(c1c(F)c(F)c(F)c(F)c1F)C2. The third kappa shape index (κ3) is 3.75. The Morgan fingerprint density at radius 2 is 1.45 bits per heavy atom. The van der Waals surface area contributed by atoms with Gasteiger partial charge in [0.2, 0.25) is 5.82 Å². The van der Waals surface area contributed by atoms with Gasteiger partial charge >= 0.3 is 6.09 Å². The minimum absolute atomic E-state index is 0.0253. The molecule has 2 aromatic rings. The minimum Gasteiger partial charge on any atom is -0.445 e. The molecular weight excluding hydrogens is 421 g/mol. The molecule has 4 rings (SSSR count). The summed E-state index contributed by atoms with van der Waals surface area (Å²) >= 11 is 0. The highest BCUT2D eigenvalue weighted by atomic mass is 19.2. The molecule has 2 aliphatic rings. The minimum atomic E-state index is -2.30. The zero-order chi connectivity index (χ0) is 22.3. The lowest BCUT2D eigenvalue weighted by molar-refractivity contribution is -0.0934. The molecule has 2 bridgehead atoms. The van der Waals surface area contributed by atoms with Gasteiger partial charge in [0.25, 0.3) is 0 Å². The third-order valence-electron chi connectivity index (χ3n) is 6.10. The predicted molar refractivity (Wildman–Crippen MR) is 99.3 cm³/mol. The number of amides is 1. The maximum absolute atomic E-state index is 14.4. The second kappa shape index (κ2) is 8.11. The van der Waals surface area contributed by atoms with E-state index in [0.29, 0.717) is 19.3 Å². The van der Waals surface area contributed by atoms with Gasteiger partial charge in [-0.3, -0.25) is 0 Å². The Labute approximate surface area is 175 Å². The van der Waals surface area contributed by atoms with E-state index in [1.165, 1.54) is 4.90 Å². The van der Waals surface area contributed by atoms with E-state index < -0.39 is 58.4 Å². The van der Waals surface area contributed by atoms with Crippen LogP contribution in [-0.4, -0.2) is 28.2 Å². The number of carbonyl (C=O) groups is 1. The number of hydrogen-bond acceptors (Lipinski definition) is 3. The summed E-state index contributed by atoms with van der Waals surface area (Å²) in [5.74, 6) is -10.6. The van der Waals surface area contributed by atoms with Crippen molar-refractivity contribution in [2.45, 2.75) is 56.4 Å². The molecule has 1 N–H and O–H groups in total. The van der Waals surface area contributed by atoms with Gasteiger partial charge in [-0.1, -0.05) is 30.3 Å². The van der Waals surface area contributed by atoms with Gasteiger partial charge in [-0.25, -0.2) is 26.7 Å². The van der Waals surface area contributed by atoms with Crippen molar-refractivity contribution in [1.29, 1.82) is 0 Å². The Bertz CT molecular complexity index is 957. The molecule has 1 amide bonds. The fraction of sp³-hybridized carbons (Fsp3) is 0.409. The Balaban J connectivity index is 1.59. The van der Waals surface area contributed by atoms with Gasteiger partial charge in [0.1, 0.15) is 6.61 Å². The number of piperidine rings is 2. The summed E-state index contributed by atoms with van der Waals surface area (Å²) in [4.78, 5) is 14.1.